The summed E-state index contributed by atoms with van der Waals surface area (Å²) in [4.78, 5) is 8.86. The fourth-order valence-electron chi connectivity index (χ4n) is 3.56. The Kier molecular flexibility index (Phi) is 7.81. The second-order valence-corrected chi connectivity index (χ2v) is 8.89. The number of hydrogen-bond acceptors (Lipinski definition) is 0. The van der Waals surface area contributed by atoms with Gasteiger partial charge in [0.05, 0.1) is 0 Å². The molecule has 0 saturated heterocycles. The van der Waals surface area contributed by atoms with Crippen molar-refractivity contribution in [1.82, 2.24) is 0 Å². The van der Waals surface area contributed by atoms with Gasteiger partial charge in [-0.3, -0.25) is 0 Å². The van der Waals surface area contributed by atoms with Crippen molar-refractivity contribution in [2.75, 3.05) is 0 Å². The monoisotopic (exact) mass is 514 g/mol. The zero-order chi connectivity index (χ0) is 27.3. The van der Waals surface area contributed by atoms with Crippen molar-refractivity contribution in [3.63, 3.8) is 0 Å². The van der Waals surface area contributed by atoms with Gasteiger partial charge in [0.1, 0.15) is 23.3 Å². The zero-order valence-electron chi connectivity index (χ0n) is 20.5. The number of halogens is 4. The van der Waals surface area contributed by atoms with E-state index in [1.807, 2.05) is 0 Å². The molecule has 0 saturated carbocycles. The molecule has 0 aliphatic carbocycles. The number of nitrogens with zero attached hydrogens (tertiary/aromatic N) is 4. The Labute approximate surface area is 217 Å². The van der Waals surface area contributed by atoms with Crippen LogP contribution in [0.5, 0.6) is 0 Å². The number of benzene rings is 4. The molecule has 0 N–H and O–H groups in total. The largest absolute Gasteiger partial charge is 0.464 e. The summed E-state index contributed by atoms with van der Waals surface area (Å²) in [6.07, 6.45) is 0. The third kappa shape index (κ3) is 6.59. The highest BCUT2D eigenvalue weighted by molar-refractivity contribution is 6.20. The van der Waals surface area contributed by atoms with Crippen LogP contribution in [0.25, 0.3) is 10.7 Å². The number of hydrogen-bond donors (Lipinski definition) is 0. The van der Waals surface area contributed by atoms with E-state index in [4.69, 9.17) is 5.32 Å². The van der Waals surface area contributed by atoms with E-state index in [2.05, 4.69) is 9.98 Å². The highest BCUT2D eigenvalue weighted by Gasteiger charge is 2.17. The van der Waals surface area contributed by atoms with E-state index in [-0.39, 0.29) is 17.2 Å². The summed E-state index contributed by atoms with van der Waals surface area (Å²) in [7, 11) is 0. The molecule has 192 valence electrons. The first-order chi connectivity index (χ1) is 18.1. The highest BCUT2D eigenvalue weighted by atomic mass is 19.1. The minimum atomic E-state index is -0.905. The van der Waals surface area contributed by atoms with Crippen molar-refractivity contribution < 1.29 is 17.6 Å². The van der Waals surface area contributed by atoms with Crippen molar-refractivity contribution in [3.05, 3.63) is 153 Å². The lowest BCUT2D eigenvalue weighted by Gasteiger charge is -2.37. The fourth-order valence-corrected chi connectivity index (χ4v) is 3.56. The summed E-state index contributed by atoms with van der Waals surface area (Å²) in [5.41, 5.74) is 0.812. The minimum absolute atomic E-state index is 0.0233. The molecular formula is C30H22F4N4-2. The molecule has 38 heavy (non-hydrogen) atoms. The summed E-state index contributed by atoms with van der Waals surface area (Å²) < 4.78 is 54.3. The Morgan fingerprint density at radius 3 is 1.45 bits per heavy atom. The van der Waals surface area contributed by atoms with Crippen molar-refractivity contribution in [2.45, 2.75) is 19.4 Å². The van der Waals surface area contributed by atoms with E-state index in [1.165, 1.54) is 84.9 Å². The lowest BCUT2D eigenvalue weighted by Crippen LogP contribution is -2.21. The first-order valence-corrected chi connectivity index (χ1v) is 11.6. The molecule has 0 radical (unpaired) electrons. The summed E-state index contributed by atoms with van der Waals surface area (Å²) >= 11 is 0. The van der Waals surface area contributed by atoms with Crippen LogP contribution in [0.4, 0.5) is 17.6 Å². The Bertz CT molecular complexity index is 1470. The van der Waals surface area contributed by atoms with Crippen LogP contribution >= 0.6 is 0 Å². The van der Waals surface area contributed by atoms with Crippen LogP contribution < -0.4 is 0 Å². The summed E-state index contributed by atoms with van der Waals surface area (Å²) in [6, 6.07) is 21.7. The van der Waals surface area contributed by atoms with Gasteiger partial charge < -0.3 is 20.7 Å². The second-order valence-electron chi connectivity index (χ2n) is 8.89. The molecule has 0 bridgehead atoms. The Morgan fingerprint density at radius 1 is 0.579 bits per heavy atom. The molecule has 0 spiro atoms. The topological polar surface area (TPSA) is 61.1 Å². The first kappa shape index (κ1) is 26.5. The Morgan fingerprint density at radius 2 is 0.974 bits per heavy atom. The SMILES string of the molecule is CC(C)([N-]C(=NC(=NC(=[N-])c1ccc(F)cc1)c1ccc(F)cc1)c1ccc(F)cc1)c1ccc(F)cc1. The van der Waals surface area contributed by atoms with Crippen molar-refractivity contribution in [1.29, 1.82) is 0 Å². The van der Waals surface area contributed by atoms with Crippen LogP contribution in [0.3, 0.4) is 0 Å². The zero-order valence-corrected chi connectivity index (χ0v) is 20.5. The minimum Gasteiger partial charge on any atom is -0.464 e. The molecule has 0 aliphatic heterocycles. The van der Waals surface area contributed by atoms with Crippen LogP contribution in [-0.2, 0) is 5.54 Å². The summed E-state index contributed by atoms with van der Waals surface area (Å²) in [5, 5.41) is 15.5. The van der Waals surface area contributed by atoms with Gasteiger partial charge in [0, 0.05) is 0 Å². The number of rotatable bonds is 5. The van der Waals surface area contributed by atoms with Crippen LogP contribution in [-0.4, -0.2) is 17.5 Å². The molecule has 4 rings (SSSR count). The number of aliphatic imine (C=N–C) groups is 2. The predicted octanol–water partition coefficient (Wildman–Crippen LogP) is 7.76. The van der Waals surface area contributed by atoms with Gasteiger partial charge in [0.2, 0.25) is 0 Å². The van der Waals surface area contributed by atoms with Gasteiger partial charge in [-0.1, -0.05) is 79.9 Å². The van der Waals surface area contributed by atoms with Gasteiger partial charge in [0.15, 0.2) is 0 Å². The van der Waals surface area contributed by atoms with E-state index in [9.17, 15) is 23.0 Å². The molecule has 0 aromatic heterocycles. The smallest absolute Gasteiger partial charge is 0.123 e. The standard InChI is InChI=1S/C30H22F4N4/c1-30(2,22-9-17-26(34)18-10-22)38-29(21-7-15-25(33)16-8-21)37-28(20-5-13-24(32)14-6-20)36-27(35)19-3-11-23(31)12-4-19/h3-18H,1-2H3/q-2. The van der Waals surface area contributed by atoms with Gasteiger partial charge in [-0.2, -0.15) is 0 Å². The normalized spacial score (nSPS) is 12.4. The van der Waals surface area contributed by atoms with E-state index in [0.29, 0.717) is 16.7 Å². The van der Waals surface area contributed by atoms with Crippen LogP contribution in [0.1, 0.15) is 36.1 Å². The highest BCUT2D eigenvalue weighted by Crippen LogP contribution is 2.32. The molecule has 0 unspecified atom stereocenters. The quantitative estimate of drug-likeness (QED) is 0.148. The van der Waals surface area contributed by atoms with Crippen LogP contribution in [0.15, 0.2) is 107 Å². The first-order valence-electron chi connectivity index (χ1n) is 11.6. The lowest BCUT2D eigenvalue weighted by atomic mass is 9.93. The average Bonchev–Trinajstić information content (AvgIpc) is 2.89. The number of amidine groups is 3. The van der Waals surface area contributed by atoms with Gasteiger partial charge in [-0.25, -0.2) is 17.6 Å². The van der Waals surface area contributed by atoms with Gasteiger partial charge >= 0.3 is 0 Å². The molecule has 0 fully saturated rings. The second kappa shape index (κ2) is 11.2. The maximum Gasteiger partial charge on any atom is 0.123 e. The van der Waals surface area contributed by atoms with Crippen LogP contribution in [0.2, 0.25) is 0 Å². The van der Waals surface area contributed by atoms with E-state index in [0.717, 1.165) is 0 Å². The van der Waals surface area contributed by atoms with Gasteiger partial charge in [-0.05, 0) is 76.3 Å². The van der Waals surface area contributed by atoms with Crippen molar-refractivity contribution in [3.8, 4) is 0 Å². The third-order valence-corrected chi connectivity index (χ3v) is 5.67. The third-order valence-electron chi connectivity index (χ3n) is 5.67. The fraction of sp³-hybridized carbons (Fsp3) is 0.100. The van der Waals surface area contributed by atoms with E-state index < -0.39 is 34.6 Å². The Hall–Kier alpha value is -4.59. The van der Waals surface area contributed by atoms with Crippen molar-refractivity contribution in [2.24, 2.45) is 9.98 Å². The summed E-state index contributed by atoms with van der Waals surface area (Å²) in [6.45, 7) is 3.60. The predicted molar refractivity (Wildman–Crippen MR) is 143 cm³/mol. The average molecular weight is 515 g/mol. The van der Waals surface area contributed by atoms with E-state index >= 15 is 0 Å². The molecule has 8 heteroatoms. The lowest BCUT2D eigenvalue weighted by molar-refractivity contribution is 0.617. The van der Waals surface area contributed by atoms with E-state index in [1.54, 1.807) is 26.0 Å². The molecule has 0 aliphatic rings. The maximum absolute atomic E-state index is 13.7. The molecule has 0 amide bonds. The Balaban J connectivity index is 1.84. The molecule has 0 atom stereocenters. The van der Waals surface area contributed by atoms with Gasteiger partial charge in [-0.15, -0.1) is 0 Å². The van der Waals surface area contributed by atoms with Crippen LogP contribution in [0, 0.1) is 23.3 Å². The molecular weight excluding hydrogens is 492 g/mol. The molecule has 4 nitrogen and oxygen atoms in total. The molecule has 0 heterocycles. The maximum atomic E-state index is 13.7. The molecule has 4 aromatic rings. The molecule has 4 aromatic carbocycles. The summed E-state index contributed by atoms with van der Waals surface area (Å²) in [5.74, 6) is -2.16. The van der Waals surface area contributed by atoms with Gasteiger partial charge in [0.25, 0.3) is 0 Å². The van der Waals surface area contributed by atoms with Crippen molar-refractivity contribution >= 4 is 17.5 Å².